The molecule has 0 aromatic heterocycles. The van der Waals surface area contributed by atoms with Crippen LogP contribution in [0.2, 0.25) is 0 Å². The molecule has 51 heavy (non-hydrogen) atoms. The lowest BCUT2D eigenvalue weighted by Crippen LogP contribution is -2.32. The van der Waals surface area contributed by atoms with Gasteiger partial charge in [0.25, 0.3) is 0 Å². The van der Waals surface area contributed by atoms with Crippen molar-refractivity contribution in [3.63, 3.8) is 0 Å². The third-order valence-corrected chi connectivity index (χ3v) is 13.5. The van der Waals surface area contributed by atoms with E-state index in [4.69, 9.17) is 0 Å². The minimum atomic E-state index is 0.196. The molecule has 0 spiro atoms. The molecule has 6 atom stereocenters. The lowest BCUT2D eigenvalue weighted by atomic mass is 9.74. The Hall–Kier alpha value is -5.86. The van der Waals surface area contributed by atoms with Crippen molar-refractivity contribution in [1.82, 2.24) is 0 Å². The van der Waals surface area contributed by atoms with Gasteiger partial charge in [0.15, 0.2) is 0 Å². The third kappa shape index (κ3) is 3.13. The van der Waals surface area contributed by atoms with Crippen LogP contribution in [-0.4, -0.2) is 0 Å². The Bertz CT molecular complexity index is 2430. The van der Waals surface area contributed by atoms with Crippen molar-refractivity contribution in [2.45, 2.75) is 41.7 Å². The second-order valence-electron chi connectivity index (χ2n) is 15.4. The zero-order valence-corrected chi connectivity index (χ0v) is 28.0. The highest BCUT2D eigenvalue weighted by Gasteiger charge is 2.58. The predicted molar refractivity (Wildman–Crippen MR) is 205 cm³/mol. The van der Waals surface area contributed by atoms with Crippen molar-refractivity contribution in [2.75, 3.05) is 9.80 Å². The summed E-state index contributed by atoms with van der Waals surface area (Å²) in [6.45, 7) is 0. The predicted octanol–water partition coefficient (Wildman–Crippen LogP) is 11.7. The van der Waals surface area contributed by atoms with E-state index in [2.05, 4.69) is 174 Å². The highest BCUT2D eigenvalue weighted by Crippen LogP contribution is 2.73. The Morgan fingerprint density at radius 1 is 0.314 bits per heavy atom. The highest BCUT2D eigenvalue weighted by atomic mass is 15.3. The molecule has 7 aromatic carbocycles. The van der Waals surface area contributed by atoms with Crippen molar-refractivity contribution in [1.29, 1.82) is 0 Å². The van der Waals surface area contributed by atoms with Crippen molar-refractivity contribution < 1.29 is 0 Å². The molecule has 0 bridgehead atoms. The standard InChI is InChI=1S/C49H34N2/c1-3-14-28(15-4-1)40-30-18-7-9-20-32(30)48-43(40)36-24-11-22-34-42-35-23-12-25-37-44-41(29-16-5-2-6-17-29)31-19-8-10-21-33(31)49(44)51(47(35)37)39-27-13-26-38(45(39)42)50(48)46(34)36/h1-27,40-44,48-49H. The van der Waals surface area contributed by atoms with Crippen LogP contribution >= 0.6 is 0 Å². The van der Waals surface area contributed by atoms with Crippen LogP contribution in [0.15, 0.2) is 164 Å². The smallest absolute Gasteiger partial charge is 0.0673 e. The number of rotatable bonds is 2. The number of fused-ring (bicyclic) bond motifs is 14. The van der Waals surface area contributed by atoms with Gasteiger partial charge in [-0.05, 0) is 67.8 Å². The van der Waals surface area contributed by atoms with Crippen LogP contribution in [0.3, 0.4) is 0 Å². The lowest BCUT2D eigenvalue weighted by molar-refractivity contribution is 0.576. The maximum Gasteiger partial charge on any atom is 0.0673 e. The molecule has 0 saturated heterocycles. The first kappa shape index (κ1) is 26.9. The largest absolute Gasteiger partial charge is 0.332 e. The van der Waals surface area contributed by atoms with Gasteiger partial charge in [0, 0.05) is 57.9 Å². The fourth-order valence-corrected chi connectivity index (χ4v) is 11.9. The summed E-state index contributed by atoms with van der Waals surface area (Å²) in [5.74, 6) is 1.54. The Balaban J connectivity index is 1.08. The Labute approximate surface area is 298 Å². The normalized spacial score (nSPS) is 25.8. The molecule has 0 radical (unpaired) electrons. The molecule has 2 nitrogen and oxygen atoms in total. The molecule has 0 amide bonds. The number of anilines is 4. The van der Waals surface area contributed by atoms with E-state index in [1.54, 1.807) is 0 Å². The average Bonchev–Trinajstić information content (AvgIpc) is 3.92. The summed E-state index contributed by atoms with van der Waals surface area (Å²) in [4.78, 5) is 5.56. The van der Waals surface area contributed by atoms with Crippen LogP contribution in [0.1, 0.15) is 103 Å². The van der Waals surface area contributed by atoms with E-state index < -0.39 is 0 Å². The number of benzene rings is 7. The Morgan fingerprint density at radius 2 is 0.686 bits per heavy atom. The van der Waals surface area contributed by atoms with Gasteiger partial charge in [-0.1, -0.05) is 152 Å². The second kappa shape index (κ2) is 9.47. The van der Waals surface area contributed by atoms with Gasteiger partial charge in [-0.2, -0.15) is 0 Å². The second-order valence-corrected chi connectivity index (χ2v) is 15.4. The van der Waals surface area contributed by atoms with Crippen molar-refractivity contribution in [3.8, 4) is 0 Å². The number of nitrogens with zero attached hydrogens (tertiary/aromatic N) is 2. The maximum atomic E-state index is 2.78. The molecule has 6 aliphatic rings. The molecule has 4 heterocycles. The van der Waals surface area contributed by atoms with Gasteiger partial charge < -0.3 is 9.80 Å². The zero-order valence-electron chi connectivity index (χ0n) is 28.0. The van der Waals surface area contributed by atoms with Gasteiger partial charge in [-0.3, -0.25) is 0 Å². The van der Waals surface area contributed by atoms with Gasteiger partial charge in [0.2, 0.25) is 0 Å². The van der Waals surface area contributed by atoms with E-state index in [0.29, 0.717) is 23.7 Å². The molecule has 240 valence electrons. The van der Waals surface area contributed by atoms with E-state index >= 15 is 0 Å². The van der Waals surface area contributed by atoms with E-state index in [1.165, 1.54) is 83.9 Å². The summed E-state index contributed by atoms with van der Waals surface area (Å²) in [7, 11) is 0. The summed E-state index contributed by atoms with van der Waals surface area (Å²) < 4.78 is 0. The first-order chi connectivity index (χ1) is 25.4. The highest BCUT2D eigenvalue weighted by molar-refractivity contribution is 5.95. The maximum absolute atomic E-state index is 2.78. The van der Waals surface area contributed by atoms with E-state index in [0.717, 1.165) is 0 Å². The van der Waals surface area contributed by atoms with Gasteiger partial charge in [0.1, 0.15) is 0 Å². The van der Waals surface area contributed by atoms with Crippen LogP contribution < -0.4 is 9.80 Å². The summed E-state index contributed by atoms with van der Waals surface area (Å²) in [5, 5.41) is 0. The van der Waals surface area contributed by atoms with Crippen molar-refractivity contribution in [2.24, 2.45) is 0 Å². The molecule has 2 heteroatoms. The Kier molecular flexibility index (Phi) is 5.00. The number of hydrogen-bond donors (Lipinski definition) is 0. The van der Waals surface area contributed by atoms with Crippen molar-refractivity contribution in [3.05, 3.63) is 225 Å². The molecule has 0 N–H and O–H groups in total. The van der Waals surface area contributed by atoms with Gasteiger partial charge >= 0.3 is 0 Å². The van der Waals surface area contributed by atoms with Gasteiger partial charge in [-0.25, -0.2) is 0 Å². The molecular formula is C49H34N2. The van der Waals surface area contributed by atoms with E-state index in [-0.39, 0.29) is 18.0 Å². The molecular weight excluding hydrogens is 617 g/mol. The SMILES string of the molecule is c1ccc(C2c3ccccc3C3C2c2cccc4c2N3c2cccc3c2C4c2cccc4c2N3C2c3ccccc3C(c3ccccc3)C42)cc1. The fourth-order valence-electron chi connectivity index (χ4n) is 11.9. The molecule has 13 rings (SSSR count). The first-order valence-corrected chi connectivity index (χ1v) is 18.6. The topological polar surface area (TPSA) is 6.48 Å². The van der Waals surface area contributed by atoms with Crippen LogP contribution in [0, 0.1) is 0 Å². The number of para-hydroxylation sites is 2. The zero-order chi connectivity index (χ0) is 32.9. The average molecular weight is 651 g/mol. The third-order valence-electron chi connectivity index (χ3n) is 13.5. The molecule has 0 fully saturated rings. The molecule has 2 aliphatic carbocycles. The van der Waals surface area contributed by atoms with Gasteiger partial charge in [0.05, 0.1) is 12.1 Å². The van der Waals surface area contributed by atoms with Crippen LogP contribution in [-0.2, 0) is 0 Å². The van der Waals surface area contributed by atoms with Crippen LogP contribution in [0.25, 0.3) is 0 Å². The van der Waals surface area contributed by atoms with Crippen LogP contribution in [0.5, 0.6) is 0 Å². The van der Waals surface area contributed by atoms with Gasteiger partial charge in [-0.15, -0.1) is 0 Å². The summed E-state index contributed by atoms with van der Waals surface area (Å²) >= 11 is 0. The van der Waals surface area contributed by atoms with E-state index in [9.17, 15) is 0 Å². The lowest BCUT2D eigenvalue weighted by Gasteiger charge is -2.45. The Morgan fingerprint density at radius 3 is 1.16 bits per heavy atom. The van der Waals surface area contributed by atoms with Crippen molar-refractivity contribution >= 4 is 22.7 Å². The molecule has 0 saturated carbocycles. The summed E-state index contributed by atoms with van der Waals surface area (Å²) in [5.41, 5.74) is 21.9. The first-order valence-electron chi connectivity index (χ1n) is 18.6. The van der Waals surface area contributed by atoms with Crippen LogP contribution in [0.4, 0.5) is 22.7 Å². The number of hydrogen-bond acceptors (Lipinski definition) is 2. The quantitative estimate of drug-likeness (QED) is 0.184. The summed E-state index contributed by atoms with van der Waals surface area (Å²) in [6, 6.07) is 63.4. The fraction of sp³-hybridized carbons (Fsp3) is 0.143. The molecule has 7 aromatic rings. The molecule has 6 unspecified atom stereocenters. The minimum Gasteiger partial charge on any atom is -0.332 e. The van der Waals surface area contributed by atoms with E-state index in [1.807, 2.05) is 0 Å². The molecule has 4 aliphatic heterocycles. The minimum absolute atomic E-state index is 0.196. The monoisotopic (exact) mass is 650 g/mol. The summed E-state index contributed by atoms with van der Waals surface area (Å²) in [6.07, 6.45) is 0.